The van der Waals surface area contributed by atoms with Crippen molar-refractivity contribution in [2.24, 2.45) is 0 Å². The molecule has 6 nitrogen and oxygen atoms in total. The number of benzene rings is 1. The van der Waals surface area contributed by atoms with Crippen LogP contribution in [0.25, 0.3) is 22.3 Å². The van der Waals surface area contributed by atoms with Crippen molar-refractivity contribution in [1.29, 1.82) is 0 Å². The fourth-order valence-electron chi connectivity index (χ4n) is 6.94. The predicted molar refractivity (Wildman–Crippen MR) is 128 cm³/mol. The standard InChI is InChI=1S/C28H25FN2O4/c1-3-28(34)18-11-21-24-23(16-8-6-7-15-14(2)19(29)12-20(30-24)22(15)16)27(9-4-5-10-27)31(21)25(32)17(18)13-35-26(28)33/h4-5,11-12,34H,3,6-10,13H2,1-2H3/t28-/m0/s1. The molecule has 2 aromatic heterocycles. The average molecular weight is 473 g/mol. The molecule has 1 atom stereocenters. The van der Waals surface area contributed by atoms with Gasteiger partial charge in [-0.2, -0.15) is 0 Å². The summed E-state index contributed by atoms with van der Waals surface area (Å²) in [4.78, 5) is 31.6. The Bertz CT molecular complexity index is 1590. The second kappa shape index (κ2) is 6.66. The van der Waals surface area contributed by atoms with Gasteiger partial charge in [-0.1, -0.05) is 19.1 Å². The Morgan fingerprint density at radius 2 is 1.89 bits per heavy atom. The van der Waals surface area contributed by atoms with E-state index in [9.17, 15) is 19.1 Å². The second-order valence-corrected chi connectivity index (χ2v) is 10.3. The normalized spacial score (nSPS) is 22.9. The molecular formula is C28H25FN2O4. The first-order valence-corrected chi connectivity index (χ1v) is 12.3. The first kappa shape index (κ1) is 21.0. The number of esters is 1. The zero-order chi connectivity index (χ0) is 24.3. The topological polar surface area (TPSA) is 81.4 Å². The van der Waals surface area contributed by atoms with Crippen molar-refractivity contribution in [3.05, 3.63) is 73.8 Å². The van der Waals surface area contributed by atoms with Crippen LogP contribution < -0.4 is 5.56 Å². The number of aryl methyl sites for hydroxylation is 2. The van der Waals surface area contributed by atoms with Gasteiger partial charge in [0.1, 0.15) is 12.4 Å². The van der Waals surface area contributed by atoms with Crippen LogP contribution in [0.1, 0.15) is 66.0 Å². The lowest BCUT2D eigenvalue weighted by atomic mass is 9.78. The number of cyclic esters (lactones) is 1. The van der Waals surface area contributed by atoms with E-state index in [0.29, 0.717) is 46.4 Å². The highest BCUT2D eigenvalue weighted by molar-refractivity contribution is 5.93. The van der Waals surface area contributed by atoms with Gasteiger partial charge in [-0.15, -0.1) is 0 Å². The second-order valence-electron chi connectivity index (χ2n) is 10.3. The van der Waals surface area contributed by atoms with Crippen LogP contribution in [0.2, 0.25) is 0 Å². The van der Waals surface area contributed by atoms with E-state index in [1.54, 1.807) is 13.0 Å². The first-order chi connectivity index (χ1) is 16.8. The molecule has 2 aliphatic carbocycles. The van der Waals surface area contributed by atoms with Gasteiger partial charge in [0.15, 0.2) is 5.60 Å². The third-order valence-electron chi connectivity index (χ3n) is 8.72. The summed E-state index contributed by atoms with van der Waals surface area (Å²) in [6.45, 7) is 3.36. The number of rotatable bonds is 1. The molecule has 0 unspecified atom stereocenters. The number of aromatic nitrogens is 2. The molecule has 0 bridgehead atoms. The number of hydrogen-bond acceptors (Lipinski definition) is 5. The van der Waals surface area contributed by atoms with Crippen LogP contribution >= 0.6 is 0 Å². The highest BCUT2D eigenvalue weighted by Gasteiger charge is 2.51. The highest BCUT2D eigenvalue weighted by Crippen LogP contribution is 2.53. The number of nitrogens with zero attached hydrogens (tertiary/aromatic N) is 2. The van der Waals surface area contributed by atoms with Crippen LogP contribution in [0.4, 0.5) is 4.39 Å². The van der Waals surface area contributed by atoms with Gasteiger partial charge in [0.05, 0.1) is 28.0 Å². The molecular weight excluding hydrogens is 447 g/mol. The number of hydrogen-bond donors (Lipinski definition) is 1. The van der Waals surface area contributed by atoms with E-state index in [1.807, 2.05) is 11.5 Å². The minimum absolute atomic E-state index is 0.0888. The summed E-state index contributed by atoms with van der Waals surface area (Å²) >= 11 is 0. The molecule has 178 valence electrons. The zero-order valence-electron chi connectivity index (χ0n) is 19.7. The maximum absolute atomic E-state index is 14.9. The summed E-state index contributed by atoms with van der Waals surface area (Å²) in [7, 11) is 0. The SMILES string of the molecule is CC[C@@]1(O)C(=O)OCc2c1cc1n(c2=O)C2(CC=CC2)c2c-1nc1cc(F)c(C)c3c1c2CCC3. The van der Waals surface area contributed by atoms with Crippen molar-refractivity contribution >= 4 is 16.9 Å². The lowest BCUT2D eigenvalue weighted by molar-refractivity contribution is -0.172. The third kappa shape index (κ3) is 2.35. The Balaban J connectivity index is 1.64. The van der Waals surface area contributed by atoms with Crippen molar-refractivity contribution in [2.75, 3.05) is 0 Å². The van der Waals surface area contributed by atoms with E-state index in [-0.39, 0.29) is 24.4 Å². The summed E-state index contributed by atoms with van der Waals surface area (Å²) in [6, 6.07) is 3.26. The minimum atomic E-state index is -1.88. The van der Waals surface area contributed by atoms with E-state index in [4.69, 9.17) is 9.72 Å². The number of fused-ring (bicyclic) bond motifs is 7. The van der Waals surface area contributed by atoms with Crippen LogP contribution in [-0.2, 0) is 40.1 Å². The molecule has 7 heteroatoms. The number of ether oxygens (including phenoxy) is 1. The van der Waals surface area contributed by atoms with Crippen LogP contribution in [0.15, 0.2) is 29.1 Å². The van der Waals surface area contributed by atoms with Gasteiger partial charge >= 0.3 is 5.97 Å². The van der Waals surface area contributed by atoms with E-state index < -0.39 is 17.1 Å². The minimum Gasteiger partial charge on any atom is -0.458 e. The molecule has 1 spiro atoms. The fraction of sp³-hybridized carbons (Fsp3) is 0.393. The molecule has 2 aliphatic heterocycles. The molecule has 0 saturated heterocycles. The summed E-state index contributed by atoms with van der Waals surface area (Å²) in [5.74, 6) is -1.01. The Labute approximate surface area is 201 Å². The fourth-order valence-corrected chi connectivity index (χ4v) is 6.94. The molecule has 0 fully saturated rings. The molecule has 7 rings (SSSR count). The third-order valence-corrected chi connectivity index (χ3v) is 8.72. The molecule has 0 radical (unpaired) electrons. The lowest BCUT2D eigenvalue weighted by Crippen LogP contribution is -2.46. The smallest absolute Gasteiger partial charge is 0.343 e. The summed E-state index contributed by atoms with van der Waals surface area (Å²) in [6.07, 6.45) is 8.15. The number of halogens is 1. The Morgan fingerprint density at radius 1 is 1.14 bits per heavy atom. The van der Waals surface area contributed by atoms with E-state index in [2.05, 4.69) is 12.2 Å². The number of carbonyl (C=O) groups is 1. The van der Waals surface area contributed by atoms with Gasteiger partial charge < -0.3 is 9.84 Å². The number of pyridine rings is 2. The summed E-state index contributed by atoms with van der Waals surface area (Å²) in [5.41, 5.74) is 3.57. The molecule has 3 aromatic rings. The monoisotopic (exact) mass is 472 g/mol. The largest absolute Gasteiger partial charge is 0.458 e. The van der Waals surface area contributed by atoms with Gasteiger partial charge in [-0.3, -0.25) is 9.36 Å². The summed E-state index contributed by atoms with van der Waals surface area (Å²) < 4.78 is 22.0. The molecule has 0 saturated carbocycles. The predicted octanol–water partition coefficient (Wildman–Crippen LogP) is 4.06. The number of aliphatic hydroxyl groups is 1. The number of carbonyl (C=O) groups excluding carboxylic acids is 1. The van der Waals surface area contributed by atoms with E-state index in [1.165, 1.54) is 6.07 Å². The van der Waals surface area contributed by atoms with Gasteiger partial charge in [-0.25, -0.2) is 14.2 Å². The Morgan fingerprint density at radius 3 is 2.63 bits per heavy atom. The van der Waals surface area contributed by atoms with Crippen molar-refractivity contribution < 1.29 is 19.0 Å². The van der Waals surface area contributed by atoms with Crippen molar-refractivity contribution in [2.45, 2.75) is 70.1 Å². The molecule has 1 aromatic carbocycles. The van der Waals surface area contributed by atoms with E-state index in [0.717, 1.165) is 41.3 Å². The molecule has 1 N–H and O–H groups in total. The first-order valence-electron chi connectivity index (χ1n) is 12.3. The Hall–Kier alpha value is -3.32. The van der Waals surface area contributed by atoms with Crippen LogP contribution in [0.5, 0.6) is 0 Å². The Kier molecular flexibility index (Phi) is 4.00. The van der Waals surface area contributed by atoms with Gasteiger partial charge in [-0.05, 0) is 68.2 Å². The van der Waals surface area contributed by atoms with Crippen LogP contribution in [0.3, 0.4) is 0 Å². The van der Waals surface area contributed by atoms with Crippen molar-refractivity contribution in [3.63, 3.8) is 0 Å². The van der Waals surface area contributed by atoms with E-state index >= 15 is 0 Å². The van der Waals surface area contributed by atoms with Gasteiger partial charge in [0.2, 0.25) is 0 Å². The van der Waals surface area contributed by atoms with Crippen LogP contribution in [-0.4, -0.2) is 20.6 Å². The lowest BCUT2D eigenvalue weighted by Gasteiger charge is -2.34. The maximum Gasteiger partial charge on any atom is 0.343 e. The quantitative estimate of drug-likeness (QED) is 0.427. The highest BCUT2D eigenvalue weighted by atomic mass is 19.1. The molecule has 35 heavy (non-hydrogen) atoms. The number of allylic oxidation sites excluding steroid dienone is 2. The molecule has 4 aliphatic rings. The van der Waals surface area contributed by atoms with Gasteiger partial charge in [0.25, 0.3) is 5.56 Å². The van der Waals surface area contributed by atoms with Gasteiger partial charge in [0, 0.05) is 22.6 Å². The molecule has 4 heterocycles. The van der Waals surface area contributed by atoms with Crippen molar-refractivity contribution in [1.82, 2.24) is 9.55 Å². The maximum atomic E-state index is 14.9. The van der Waals surface area contributed by atoms with Crippen LogP contribution in [0, 0.1) is 12.7 Å². The average Bonchev–Trinajstić information content (AvgIpc) is 3.44. The molecule has 0 amide bonds. The summed E-state index contributed by atoms with van der Waals surface area (Å²) in [5, 5.41) is 12.3. The van der Waals surface area contributed by atoms with Crippen molar-refractivity contribution in [3.8, 4) is 11.4 Å². The zero-order valence-corrected chi connectivity index (χ0v) is 19.7.